The number of carboxylic acids is 1. The number of aliphatic carboxylic acids is 1. The van der Waals surface area contributed by atoms with Crippen molar-refractivity contribution in [2.45, 2.75) is 105 Å². The lowest BCUT2D eigenvalue weighted by Gasteiger charge is -2.69. The molecule has 0 bridgehead atoms. The summed E-state index contributed by atoms with van der Waals surface area (Å²) < 4.78 is 5.77. The molecule has 1 aromatic rings. The number of aromatic nitrogens is 1. The molecule has 0 amide bonds. The summed E-state index contributed by atoms with van der Waals surface area (Å²) in [7, 11) is 0. The number of carboxylic acid groups (broad SMARTS) is 1. The lowest BCUT2D eigenvalue weighted by atomic mass is 9.34. The number of hydrogen-bond donors (Lipinski definition) is 1. The van der Waals surface area contributed by atoms with Crippen molar-refractivity contribution in [3.05, 3.63) is 29.2 Å². The first-order chi connectivity index (χ1) is 16.6. The maximum atomic E-state index is 14.3. The average Bonchev–Trinajstić information content (AvgIpc) is 3.23. The number of allylic oxidation sites excluding steroid dienone is 2. The molecule has 0 spiro atoms. The highest BCUT2D eigenvalue weighted by atomic mass is 16.5. The number of ketones is 1. The van der Waals surface area contributed by atoms with Crippen LogP contribution in [-0.4, -0.2) is 22.0 Å². The first kappa shape index (κ1) is 24.4. The summed E-state index contributed by atoms with van der Waals surface area (Å²) in [4.78, 5) is 27.2. The molecule has 3 saturated carbocycles. The fraction of sp³-hybridized carbons (Fsp3) is 0.774. The van der Waals surface area contributed by atoms with E-state index in [-0.39, 0.29) is 44.7 Å². The Morgan fingerprint density at radius 2 is 1.72 bits per heavy atom. The van der Waals surface area contributed by atoms with Crippen LogP contribution in [0.4, 0.5) is 0 Å². The molecule has 5 aliphatic carbocycles. The number of carbonyl (C=O) groups is 2. The maximum absolute atomic E-state index is 14.3. The van der Waals surface area contributed by atoms with Crippen LogP contribution in [0.5, 0.6) is 0 Å². The smallest absolute Gasteiger partial charge is 0.309 e. The van der Waals surface area contributed by atoms with Crippen molar-refractivity contribution in [3.63, 3.8) is 0 Å². The van der Waals surface area contributed by atoms with Gasteiger partial charge in [0.1, 0.15) is 5.76 Å². The Morgan fingerprint density at radius 3 is 2.42 bits per heavy atom. The molecule has 1 aromatic heterocycles. The van der Waals surface area contributed by atoms with E-state index in [4.69, 9.17) is 4.52 Å². The number of nitrogens with zero attached hydrogens (tertiary/aromatic N) is 1. The highest BCUT2D eigenvalue weighted by Crippen LogP contribution is 2.74. The predicted octanol–water partition coefficient (Wildman–Crippen LogP) is 6.75. The Morgan fingerprint density at radius 1 is 1.03 bits per heavy atom. The lowest BCUT2D eigenvalue weighted by Crippen LogP contribution is -2.66. The van der Waals surface area contributed by atoms with Crippen molar-refractivity contribution in [1.29, 1.82) is 0 Å². The molecular formula is C31H43NO4. The first-order valence-corrected chi connectivity index (χ1v) is 14.1. The molecule has 5 heteroatoms. The summed E-state index contributed by atoms with van der Waals surface area (Å²) in [6.45, 7) is 16.2. The molecule has 5 nitrogen and oxygen atoms in total. The zero-order chi connectivity index (χ0) is 26.1. The van der Waals surface area contributed by atoms with Gasteiger partial charge in [-0.2, -0.15) is 0 Å². The fourth-order valence-electron chi connectivity index (χ4n) is 10.7. The Labute approximate surface area is 215 Å². The third kappa shape index (κ3) is 2.70. The first-order valence-electron chi connectivity index (χ1n) is 14.1. The minimum atomic E-state index is -0.762. The van der Waals surface area contributed by atoms with Gasteiger partial charge in [0, 0.05) is 16.9 Å². The van der Waals surface area contributed by atoms with Crippen LogP contribution in [0.2, 0.25) is 0 Å². The number of hydrogen-bond acceptors (Lipinski definition) is 4. The molecule has 196 valence electrons. The summed E-state index contributed by atoms with van der Waals surface area (Å²) in [5.74, 6) is 0.564. The van der Waals surface area contributed by atoms with E-state index in [1.807, 2.05) is 12.3 Å². The van der Waals surface area contributed by atoms with Crippen molar-refractivity contribution in [1.82, 2.24) is 5.16 Å². The molecule has 36 heavy (non-hydrogen) atoms. The second-order valence-electron chi connectivity index (χ2n) is 15.2. The summed E-state index contributed by atoms with van der Waals surface area (Å²) in [5.41, 5.74) is 1.12. The third-order valence-corrected chi connectivity index (χ3v) is 12.8. The van der Waals surface area contributed by atoms with Crippen LogP contribution in [0.15, 0.2) is 22.4 Å². The highest BCUT2D eigenvalue weighted by Gasteiger charge is 2.71. The van der Waals surface area contributed by atoms with Gasteiger partial charge in [0.2, 0.25) is 0 Å². The normalized spacial score (nSPS) is 46.4. The Hall–Kier alpha value is -1.91. The second kappa shape index (κ2) is 6.94. The van der Waals surface area contributed by atoms with Crippen LogP contribution in [0, 0.1) is 44.8 Å². The van der Waals surface area contributed by atoms with E-state index in [0.29, 0.717) is 18.8 Å². The fourth-order valence-corrected chi connectivity index (χ4v) is 10.7. The summed E-state index contributed by atoms with van der Waals surface area (Å²) >= 11 is 0. The van der Waals surface area contributed by atoms with Gasteiger partial charge >= 0.3 is 5.97 Å². The molecule has 7 atom stereocenters. The molecule has 0 aliphatic heterocycles. The lowest BCUT2D eigenvalue weighted by molar-refractivity contribution is -0.189. The molecule has 0 saturated heterocycles. The van der Waals surface area contributed by atoms with E-state index >= 15 is 0 Å². The predicted molar refractivity (Wildman–Crippen MR) is 137 cm³/mol. The molecule has 1 unspecified atom stereocenters. The Balaban J connectivity index is 1.51. The van der Waals surface area contributed by atoms with Gasteiger partial charge in [-0.1, -0.05) is 59.2 Å². The van der Waals surface area contributed by atoms with Crippen molar-refractivity contribution >= 4 is 11.8 Å². The Kier molecular flexibility index (Phi) is 4.71. The molecule has 0 aromatic carbocycles. The van der Waals surface area contributed by atoms with Gasteiger partial charge in [0.15, 0.2) is 5.78 Å². The zero-order valence-electron chi connectivity index (χ0n) is 23.2. The van der Waals surface area contributed by atoms with Crippen LogP contribution in [-0.2, 0) is 21.4 Å². The van der Waals surface area contributed by atoms with Crippen molar-refractivity contribution < 1.29 is 19.2 Å². The molecule has 5 aliphatic rings. The quantitative estimate of drug-likeness (QED) is 0.468. The zero-order valence-corrected chi connectivity index (χ0v) is 23.2. The second-order valence-corrected chi connectivity index (χ2v) is 15.2. The maximum Gasteiger partial charge on any atom is 0.309 e. The van der Waals surface area contributed by atoms with Crippen LogP contribution in [0.3, 0.4) is 0 Å². The largest absolute Gasteiger partial charge is 0.481 e. The number of fused-ring (bicyclic) bond motifs is 8. The average molecular weight is 494 g/mol. The molecular weight excluding hydrogens is 450 g/mol. The van der Waals surface area contributed by atoms with E-state index in [0.717, 1.165) is 44.3 Å². The SMILES string of the molecule is CC1(C)CC[C@]2(C(=O)O)CC[C@]3(C)[C@H](C(=O)C=C4[C@@]5(C)Cc6cnoc6C(C)(C)C5CC[C@]43C)[C@@H]2C1. The summed E-state index contributed by atoms with van der Waals surface area (Å²) in [5, 5.41) is 14.7. The van der Waals surface area contributed by atoms with Crippen LogP contribution < -0.4 is 0 Å². The number of carbonyl (C=O) groups excluding carboxylic acids is 1. The van der Waals surface area contributed by atoms with Gasteiger partial charge in [-0.15, -0.1) is 0 Å². The number of rotatable bonds is 1. The van der Waals surface area contributed by atoms with E-state index in [1.165, 1.54) is 11.1 Å². The van der Waals surface area contributed by atoms with Gasteiger partial charge in [0.05, 0.1) is 11.6 Å². The minimum Gasteiger partial charge on any atom is -0.481 e. The topological polar surface area (TPSA) is 80.4 Å². The molecule has 0 radical (unpaired) electrons. The van der Waals surface area contributed by atoms with Gasteiger partial charge in [0.25, 0.3) is 0 Å². The molecule has 3 fully saturated rings. The summed E-state index contributed by atoms with van der Waals surface area (Å²) in [6, 6.07) is 0. The van der Waals surface area contributed by atoms with Gasteiger partial charge in [-0.25, -0.2) is 0 Å². The standard InChI is InChI=1S/C31H43NO4/c1-26(2)10-12-31(25(34)35)13-11-30(7)23(19(31)16-26)20(33)14-22-28(5)15-18-17-32-36-24(18)27(3,4)21(28)8-9-29(22,30)6/h14,17,19,21,23H,8-13,15-16H2,1-7H3,(H,34,35)/t19-,21?,23-,28-,29+,30+,31-/m0/s1. The van der Waals surface area contributed by atoms with Gasteiger partial charge in [-0.05, 0) is 90.9 Å². The van der Waals surface area contributed by atoms with Crippen molar-refractivity contribution in [2.24, 2.45) is 44.8 Å². The molecule has 6 rings (SSSR count). The van der Waals surface area contributed by atoms with Crippen LogP contribution in [0.1, 0.15) is 105 Å². The van der Waals surface area contributed by atoms with Gasteiger partial charge < -0.3 is 9.63 Å². The van der Waals surface area contributed by atoms with E-state index in [1.54, 1.807) is 0 Å². The van der Waals surface area contributed by atoms with E-state index < -0.39 is 11.4 Å². The highest BCUT2D eigenvalue weighted by molar-refractivity contribution is 5.96. The third-order valence-electron chi connectivity index (χ3n) is 12.8. The molecule has 1 N–H and O–H groups in total. The van der Waals surface area contributed by atoms with Crippen molar-refractivity contribution in [2.75, 3.05) is 0 Å². The van der Waals surface area contributed by atoms with Crippen LogP contribution >= 0.6 is 0 Å². The summed E-state index contributed by atoms with van der Waals surface area (Å²) in [6.07, 6.45) is 10.8. The minimum absolute atomic E-state index is 0.0642. The van der Waals surface area contributed by atoms with E-state index in [2.05, 4.69) is 53.6 Å². The Bertz CT molecular complexity index is 1190. The van der Waals surface area contributed by atoms with Crippen LogP contribution in [0.25, 0.3) is 0 Å². The van der Waals surface area contributed by atoms with Gasteiger partial charge in [-0.3, -0.25) is 9.59 Å². The molecule has 1 heterocycles. The monoisotopic (exact) mass is 493 g/mol. The van der Waals surface area contributed by atoms with Crippen molar-refractivity contribution in [3.8, 4) is 0 Å². The van der Waals surface area contributed by atoms with E-state index in [9.17, 15) is 14.7 Å².